The first-order chi connectivity index (χ1) is 4.56. The molecule has 2 nitrogen and oxygen atoms in total. The summed E-state index contributed by atoms with van der Waals surface area (Å²) in [5.41, 5.74) is 0. The number of carbonyl (C=O) groups excluding carboxylic acids is 1. The topological polar surface area (TPSA) is 26.3 Å². The van der Waals surface area contributed by atoms with E-state index in [4.69, 9.17) is 0 Å². The standard InChI is InChI=1S/C7H15O2Si/c1-10(2,3)6-4-5-9-7-8/h4-6H2,1-3H3. The van der Waals surface area contributed by atoms with E-state index in [-0.39, 0.29) is 0 Å². The van der Waals surface area contributed by atoms with Gasteiger partial charge in [0.2, 0.25) is 0 Å². The highest BCUT2D eigenvalue weighted by molar-refractivity contribution is 6.76. The monoisotopic (exact) mass is 159 g/mol. The van der Waals surface area contributed by atoms with Gasteiger partial charge in [0, 0.05) is 8.07 Å². The quantitative estimate of drug-likeness (QED) is 0.451. The van der Waals surface area contributed by atoms with E-state index < -0.39 is 8.07 Å². The van der Waals surface area contributed by atoms with Gasteiger partial charge in [-0.1, -0.05) is 25.7 Å². The number of hydrogen-bond donors (Lipinski definition) is 0. The van der Waals surface area contributed by atoms with E-state index in [0.29, 0.717) is 6.61 Å². The second kappa shape index (κ2) is 4.49. The van der Waals surface area contributed by atoms with E-state index in [2.05, 4.69) is 24.4 Å². The minimum atomic E-state index is -0.917. The Morgan fingerprint density at radius 1 is 1.40 bits per heavy atom. The molecule has 3 heteroatoms. The highest BCUT2D eigenvalue weighted by atomic mass is 28.3. The SMILES string of the molecule is C[Si](C)(C)CCCO[C]=O. The lowest BCUT2D eigenvalue weighted by Crippen LogP contribution is -2.19. The predicted molar refractivity (Wildman–Crippen MR) is 44.4 cm³/mol. The molecule has 59 valence electrons. The fourth-order valence-corrected chi connectivity index (χ4v) is 1.92. The van der Waals surface area contributed by atoms with Crippen LogP contribution in [0, 0.1) is 0 Å². The smallest absolute Gasteiger partial charge is 0.417 e. The zero-order chi connectivity index (χ0) is 8.04. The van der Waals surface area contributed by atoms with Crippen molar-refractivity contribution in [3.05, 3.63) is 0 Å². The summed E-state index contributed by atoms with van der Waals surface area (Å²) in [5.74, 6) is 0. The van der Waals surface area contributed by atoms with Crippen LogP contribution in [0.3, 0.4) is 0 Å². The summed E-state index contributed by atoms with van der Waals surface area (Å²) in [6.45, 7) is 8.86. The second-order valence-corrected chi connectivity index (χ2v) is 9.22. The molecule has 0 aromatic rings. The van der Waals surface area contributed by atoms with Crippen LogP contribution in [0.25, 0.3) is 0 Å². The van der Waals surface area contributed by atoms with Crippen molar-refractivity contribution in [1.29, 1.82) is 0 Å². The van der Waals surface area contributed by atoms with E-state index in [0.717, 1.165) is 6.42 Å². The Hall–Kier alpha value is -0.313. The van der Waals surface area contributed by atoms with Crippen LogP contribution in [-0.2, 0) is 9.53 Å². The van der Waals surface area contributed by atoms with Crippen LogP contribution in [0.4, 0.5) is 0 Å². The van der Waals surface area contributed by atoms with Gasteiger partial charge in [0.15, 0.2) is 0 Å². The summed E-state index contributed by atoms with van der Waals surface area (Å²) in [6.07, 6.45) is 0.991. The third-order valence-electron chi connectivity index (χ3n) is 1.23. The molecular formula is C7H15O2Si. The first-order valence-corrected chi connectivity index (χ1v) is 7.26. The maximum Gasteiger partial charge on any atom is 0.417 e. The molecule has 0 aromatic carbocycles. The van der Waals surface area contributed by atoms with Crippen molar-refractivity contribution < 1.29 is 9.53 Å². The van der Waals surface area contributed by atoms with Gasteiger partial charge in [0.05, 0.1) is 6.61 Å². The maximum absolute atomic E-state index is 9.59. The van der Waals surface area contributed by atoms with Crippen LogP contribution in [0.2, 0.25) is 25.7 Å². The molecule has 0 saturated heterocycles. The lowest BCUT2D eigenvalue weighted by atomic mass is 10.5. The fourth-order valence-electron chi connectivity index (χ4n) is 0.716. The molecule has 0 saturated carbocycles. The molecule has 0 amide bonds. The van der Waals surface area contributed by atoms with Crippen LogP contribution >= 0.6 is 0 Å². The lowest BCUT2D eigenvalue weighted by Gasteiger charge is -2.13. The van der Waals surface area contributed by atoms with Gasteiger partial charge in [-0.3, -0.25) is 0 Å². The van der Waals surface area contributed by atoms with Crippen molar-refractivity contribution >= 4 is 14.5 Å². The van der Waals surface area contributed by atoms with E-state index in [1.165, 1.54) is 12.5 Å². The highest BCUT2D eigenvalue weighted by Crippen LogP contribution is 2.10. The molecule has 0 aliphatic rings. The van der Waals surface area contributed by atoms with Crippen molar-refractivity contribution in [3.8, 4) is 0 Å². The molecule has 0 N–H and O–H groups in total. The van der Waals surface area contributed by atoms with Gasteiger partial charge < -0.3 is 4.74 Å². The van der Waals surface area contributed by atoms with Gasteiger partial charge in [-0.2, -0.15) is 0 Å². The summed E-state index contributed by atoms with van der Waals surface area (Å²) < 4.78 is 4.45. The summed E-state index contributed by atoms with van der Waals surface area (Å²) in [7, 11) is -0.917. The molecule has 0 aliphatic carbocycles. The third-order valence-corrected chi connectivity index (χ3v) is 3.09. The van der Waals surface area contributed by atoms with Gasteiger partial charge in [0.25, 0.3) is 0 Å². The molecule has 0 spiro atoms. The van der Waals surface area contributed by atoms with Crippen molar-refractivity contribution in [2.45, 2.75) is 32.1 Å². The molecule has 10 heavy (non-hydrogen) atoms. The van der Waals surface area contributed by atoms with Crippen LogP contribution in [0.1, 0.15) is 6.42 Å². The Balaban J connectivity index is 3.12. The average molecular weight is 159 g/mol. The molecule has 0 aromatic heterocycles. The zero-order valence-electron chi connectivity index (χ0n) is 6.94. The van der Waals surface area contributed by atoms with E-state index in [1.54, 1.807) is 0 Å². The van der Waals surface area contributed by atoms with Gasteiger partial charge in [0.1, 0.15) is 0 Å². The van der Waals surface area contributed by atoms with Crippen LogP contribution in [0.15, 0.2) is 0 Å². The lowest BCUT2D eigenvalue weighted by molar-refractivity contribution is 0.277. The Kier molecular flexibility index (Phi) is 4.35. The predicted octanol–water partition coefficient (Wildman–Crippen LogP) is 1.80. The maximum atomic E-state index is 9.59. The summed E-state index contributed by atoms with van der Waals surface area (Å²) in [4.78, 5) is 9.59. The molecule has 0 aliphatic heterocycles. The van der Waals surface area contributed by atoms with E-state index in [9.17, 15) is 4.79 Å². The number of hydrogen-bond acceptors (Lipinski definition) is 2. The Labute approximate surface area is 63.6 Å². The minimum Gasteiger partial charge on any atom is -0.457 e. The fraction of sp³-hybridized carbons (Fsp3) is 0.857. The van der Waals surface area contributed by atoms with Crippen molar-refractivity contribution in [3.63, 3.8) is 0 Å². The van der Waals surface area contributed by atoms with Gasteiger partial charge >= 0.3 is 6.47 Å². The van der Waals surface area contributed by atoms with E-state index in [1.807, 2.05) is 0 Å². The molecule has 0 unspecified atom stereocenters. The molecule has 0 bridgehead atoms. The van der Waals surface area contributed by atoms with Crippen LogP contribution in [0.5, 0.6) is 0 Å². The van der Waals surface area contributed by atoms with Gasteiger partial charge in [-0.05, 0) is 6.42 Å². The second-order valence-electron chi connectivity index (χ2n) is 3.60. The zero-order valence-corrected chi connectivity index (χ0v) is 7.94. The Bertz CT molecular complexity index is 96.3. The minimum absolute atomic E-state index is 0.535. The molecule has 0 atom stereocenters. The van der Waals surface area contributed by atoms with Crippen LogP contribution < -0.4 is 0 Å². The summed E-state index contributed by atoms with van der Waals surface area (Å²) in [6, 6.07) is 1.22. The summed E-state index contributed by atoms with van der Waals surface area (Å²) in [5, 5.41) is 0. The Morgan fingerprint density at radius 3 is 2.40 bits per heavy atom. The average Bonchev–Trinajstić information content (AvgIpc) is 1.78. The van der Waals surface area contributed by atoms with Gasteiger partial charge in [-0.15, -0.1) is 0 Å². The molecule has 0 fully saturated rings. The number of rotatable bonds is 5. The van der Waals surface area contributed by atoms with Crippen molar-refractivity contribution in [2.24, 2.45) is 0 Å². The van der Waals surface area contributed by atoms with Crippen molar-refractivity contribution in [1.82, 2.24) is 0 Å². The third kappa shape index (κ3) is 7.69. The highest BCUT2D eigenvalue weighted by Gasteiger charge is 2.11. The Morgan fingerprint density at radius 2 is 2.00 bits per heavy atom. The number of ether oxygens (including phenoxy) is 1. The normalized spacial score (nSPS) is 11.1. The van der Waals surface area contributed by atoms with Gasteiger partial charge in [-0.25, -0.2) is 4.79 Å². The summed E-state index contributed by atoms with van der Waals surface area (Å²) >= 11 is 0. The molecular weight excluding hydrogens is 144 g/mol. The van der Waals surface area contributed by atoms with Crippen molar-refractivity contribution in [2.75, 3.05) is 6.61 Å². The molecule has 1 radical (unpaired) electrons. The molecule has 0 heterocycles. The first-order valence-electron chi connectivity index (χ1n) is 3.55. The van der Waals surface area contributed by atoms with E-state index >= 15 is 0 Å². The first kappa shape index (κ1) is 9.69. The van der Waals surface area contributed by atoms with Crippen LogP contribution in [-0.4, -0.2) is 21.2 Å². The molecule has 0 rings (SSSR count). The largest absolute Gasteiger partial charge is 0.457 e.